The molecule has 2 N–H and O–H groups in total. The first kappa shape index (κ1) is 9.27. The van der Waals surface area contributed by atoms with Crippen molar-refractivity contribution >= 4 is 5.78 Å². The number of carbonyl (C=O) groups excluding carboxylic acids is 1. The summed E-state index contributed by atoms with van der Waals surface area (Å²) in [5.41, 5.74) is 5.89. The second kappa shape index (κ2) is 3.46. The molecule has 1 aliphatic carbocycles. The number of nitrogens with two attached hydrogens (primary N) is 1. The van der Waals surface area contributed by atoms with E-state index in [2.05, 4.69) is 9.97 Å². The molecule has 1 aliphatic rings. The van der Waals surface area contributed by atoms with E-state index >= 15 is 0 Å². The highest BCUT2D eigenvalue weighted by atomic mass is 16.1. The Labute approximate surface area is 82.6 Å². The molecule has 1 aromatic heterocycles. The SMILES string of the molecule is NC1(C(=O)c2cncnc2)CCCC1. The summed E-state index contributed by atoms with van der Waals surface area (Å²) in [6.07, 6.45) is 8.10. The molecule has 4 nitrogen and oxygen atoms in total. The van der Waals surface area contributed by atoms with E-state index in [9.17, 15) is 4.79 Å². The minimum atomic E-state index is -0.662. The molecule has 0 aromatic carbocycles. The minimum absolute atomic E-state index is 0.0180. The highest BCUT2D eigenvalue weighted by Crippen LogP contribution is 2.29. The Bertz CT molecular complexity index is 330. The van der Waals surface area contributed by atoms with Crippen molar-refractivity contribution in [3.63, 3.8) is 0 Å². The predicted octanol–water partition coefficient (Wildman–Crippen LogP) is 0.931. The van der Waals surface area contributed by atoms with Crippen LogP contribution in [0.5, 0.6) is 0 Å². The number of carbonyl (C=O) groups is 1. The maximum Gasteiger partial charge on any atom is 0.185 e. The zero-order chi connectivity index (χ0) is 10.0. The fraction of sp³-hybridized carbons (Fsp3) is 0.500. The van der Waals surface area contributed by atoms with Gasteiger partial charge in [-0.15, -0.1) is 0 Å². The first-order chi connectivity index (χ1) is 6.72. The van der Waals surface area contributed by atoms with Crippen molar-refractivity contribution in [3.8, 4) is 0 Å². The van der Waals surface area contributed by atoms with Gasteiger partial charge in [0.2, 0.25) is 0 Å². The number of hydrogen-bond donors (Lipinski definition) is 1. The van der Waals surface area contributed by atoms with Crippen molar-refractivity contribution in [2.24, 2.45) is 5.73 Å². The molecule has 1 aromatic rings. The van der Waals surface area contributed by atoms with E-state index in [1.165, 1.54) is 18.7 Å². The van der Waals surface area contributed by atoms with E-state index in [4.69, 9.17) is 5.73 Å². The Balaban J connectivity index is 2.24. The quantitative estimate of drug-likeness (QED) is 0.706. The van der Waals surface area contributed by atoms with Crippen molar-refractivity contribution in [2.75, 3.05) is 0 Å². The summed E-state index contributed by atoms with van der Waals surface area (Å²) < 4.78 is 0. The Kier molecular flexibility index (Phi) is 2.29. The molecule has 0 bridgehead atoms. The highest BCUT2D eigenvalue weighted by Gasteiger charge is 2.37. The standard InChI is InChI=1S/C10H13N3O/c11-10(3-1-2-4-10)9(14)8-5-12-7-13-6-8/h5-7H,1-4,11H2. The highest BCUT2D eigenvalue weighted by molar-refractivity contribution is 6.02. The molecule has 1 saturated carbocycles. The van der Waals surface area contributed by atoms with Crippen molar-refractivity contribution < 1.29 is 4.79 Å². The van der Waals surface area contributed by atoms with E-state index < -0.39 is 5.54 Å². The topological polar surface area (TPSA) is 68.9 Å². The largest absolute Gasteiger partial charge is 0.319 e. The molecule has 4 heteroatoms. The number of Topliss-reactive ketones (excluding diaryl/α,β-unsaturated/α-hetero) is 1. The second-order valence-electron chi connectivity index (χ2n) is 3.82. The van der Waals surface area contributed by atoms with Crippen LogP contribution in [0.2, 0.25) is 0 Å². The van der Waals surface area contributed by atoms with E-state index in [1.54, 1.807) is 0 Å². The van der Waals surface area contributed by atoms with Crippen molar-refractivity contribution in [1.82, 2.24) is 9.97 Å². The van der Waals surface area contributed by atoms with Crippen LogP contribution in [0.1, 0.15) is 36.0 Å². The van der Waals surface area contributed by atoms with Gasteiger partial charge in [0.05, 0.1) is 11.1 Å². The molecule has 0 unspecified atom stereocenters. The van der Waals surface area contributed by atoms with Crippen LogP contribution in [0.25, 0.3) is 0 Å². The van der Waals surface area contributed by atoms with Crippen LogP contribution in [-0.4, -0.2) is 21.3 Å². The molecular formula is C10H13N3O. The van der Waals surface area contributed by atoms with Crippen LogP contribution in [0, 0.1) is 0 Å². The Hall–Kier alpha value is -1.29. The van der Waals surface area contributed by atoms with Crippen LogP contribution >= 0.6 is 0 Å². The smallest absolute Gasteiger partial charge is 0.185 e. The van der Waals surface area contributed by atoms with E-state index in [-0.39, 0.29) is 5.78 Å². The van der Waals surface area contributed by atoms with Crippen LogP contribution in [-0.2, 0) is 0 Å². The fourth-order valence-electron chi connectivity index (χ4n) is 1.94. The van der Waals surface area contributed by atoms with Gasteiger partial charge >= 0.3 is 0 Å². The van der Waals surface area contributed by atoms with Crippen molar-refractivity contribution in [1.29, 1.82) is 0 Å². The third kappa shape index (κ3) is 1.53. The summed E-state index contributed by atoms with van der Waals surface area (Å²) in [6.45, 7) is 0. The van der Waals surface area contributed by atoms with E-state index in [1.807, 2.05) is 0 Å². The van der Waals surface area contributed by atoms with Crippen LogP contribution in [0.3, 0.4) is 0 Å². The monoisotopic (exact) mass is 191 g/mol. The Morgan fingerprint density at radius 1 is 1.29 bits per heavy atom. The number of nitrogens with zero attached hydrogens (tertiary/aromatic N) is 2. The predicted molar refractivity (Wildman–Crippen MR) is 51.7 cm³/mol. The van der Waals surface area contributed by atoms with Gasteiger partial charge in [-0.1, -0.05) is 12.8 Å². The van der Waals surface area contributed by atoms with Gasteiger partial charge in [0.25, 0.3) is 0 Å². The second-order valence-corrected chi connectivity index (χ2v) is 3.82. The zero-order valence-corrected chi connectivity index (χ0v) is 7.94. The number of rotatable bonds is 2. The number of ketones is 1. The molecule has 2 rings (SSSR count). The van der Waals surface area contributed by atoms with Gasteiger partial charge in [0.15, 0.2) is 5.78 Å². The van der Waals surface area contributed by atoms with Gasteiger partial charge in [0, 0.05) is 12.4 Å². The van der Waals surface area contributed by atoms with E-state index in [0.717, 1.165) is 25.7 Å². The lowest BCUT2D eigenvalue weighted by Crippen LogP contribution is -2.45. The molecule has 0 amide bonds. The van der Waals surface area contributed by atoms with Crippen LogP contribution in [0.4, 0.5) is 0 Å². The van der Waals surface area contributed by atoms with Gasteiger partial charge in [0.1, 0.15) is 6.33 Å². The molecule has 74 valence electrons. The lowest BCUT2D eigenvalue weighted by atomic mass is 9.90. The minimum Gasteiger partial charge on any atom is -0.319 e. The Morgan fingerprint density at radius 3 is 2.43 bits per heavy atom. The molecule has 14 heavy (non-hydrogen) atoms. The lowest BCUT2D eigenvalue weighted by molar-refractivity contribution is 0.0891. The zero-order valence-electron chi connectivity index (χ0n) is 7.94. The average Bonchev–Trinajstić information content (AvgIpc) is 2.67. The van der Waals surface area contributed by atoms with Crippen molar-refractivity contribution in [2.45, 2.75) is 31.2 Å². The van der Waals surface area contributed by atoms with Gasteiger partial charge in [-0.05, 0) is 12.8 Å². The first-order valence-corrected chi connectivity index (χ1v) is 4.81. The maximum absolute atomic E-state index is 12.0. The van der Waals surface area contributed by atoms with Crippen LogP contribution in [0.15, 0.2) is 18.7 Å². The van der Waals surface area contributed by atoms with Gasteiger partial charge in [-0.2, -0.15) is 0 Å². The van der Waals surface area contributed by atoms with Crippen molar-refractivity contribution in [3.05, 3.63) is 24.3 Å². The molecule has 0 aliphatic heterocycles. The number of aromatic nitrogens is 2. The van der Waals surface area contributed by atoms with Crippen LogP contribution < -0.4 is 5.73 Å². The van der Waals surface area contributed by atoms with Gasteiger partial charge < -0.3 is 5.73 Å². The lowest BCUT2D eigenvalue weighted by Gasteiger charge is -2.20. The summed E-state index contributed by atoms with van der Waals surface area (Å²) in [6, 6.07) is 0. The summed E-state index contributed by atoms with van der Waals surface area (Å²) in [5, 5.41) is 0. The normalized spacial score (nSPS) is 19.5. The van der Waals surface area contributed by atoms with Gasteiger partial charge in [-0.25, -0.2) is 9.97 Å². The third-order valence-corrected chi connectivity index (χ3v) is 2.77. The molecule has 1 heterocycles. The molecular weight excluding hydrogens is 178 g/mol. The third-order valence-electron chi connectivity index (χ3n) is 2.77. The van der Waals surface area contributed by atoms with E-state index in [0.29, 0.717) is 5.56 Å². The Morgan fingerprint density at radius 2 is 1.86 bits per heavy atom. The first-order valence-electron chi connectivity index (χ1n) is 4.81. The fourth-order valence-corrected chi connectivity index (χ4v) is 1.94. The molecule has 0 spiro atoms. The molecule has 0 saturated heterocycles. The molecule has 1 fully saturated rings. The summed E-state index contributed by atoms with van der Waals surface area (Å²) in [4.78, 5) is 19.6. The average molecular weight is 191 g/mol. The van der Waals surface area contributed by atoms with Gasteiger partial charge in [-0.3, -0.25) is 4.79 Å². The molecule has 0 radical (unpaired) electrons. The summed E-state index contributed by atoms with van der Waals surface area (Å²) in [5.74, 6) is -0.0180. The summed E-state index contributed by atoms with van der Waals surface area (Å²) >= 11 is 0. The number of hydrogen-bond acceptors (Lipinski definition) is 4. The molecule has 0 atom stereocenters. The summed E-state index contributed by atoms with van der Waals surface area (Å²) in [7, 11) is 0. The maximum atomic E-state index is 12.0.